The molecule has 21 heavy (non-hydrogen) atoms. The maximum Gasteiger partial charge on any atom is 0.304 e. The summed E-state index contributed by atoms with van der Waals surface area (Å²) in [6, 6.07) is 9.33. The first kappa shape index (κ1) is 13.7. The highest BCUT2D eigenvalue weighted by Crippen LogP contribution is 2.39. The number of nitrogens with zero attached hydrogens (tertiary/aromatic N) is 3. The van der Waals surface area contributed by atoms with E-state index in [2.05, 4.69) is 10.1 Å². The Kier molecular flexibility index (Phi) is 3.25. The Hall–Kier alpha value is -2.22. The second-order valence-electron chi connectivity index (χ2n) is 5.02. The predicted molar refractivity (Wildman–Crippen MR) is 75.6 cm³/mol. The van der Waals surface area contributed by atoms with Crippen molar-refractivity contribution in [3.05, 3.63) is 42.0 Å². The smallest absolute Gasteiger partial charge is 0.264 e. The molecule has 0 aliphatic heterocycles. The van der Waals surface area contributed by atoms with E-state index in [0.29, 0.717) is 5.82 Å². The first-order valence-corrected chi connectivity index (χ1v) is 8.38. The van der Waals surface area contributed by atoms with Crippen LogP contribution in [0.3, 0.4) is 0 Å². The van der Waals surface area contributed by atoms with E-state index in [-0.39, 0.29) is 11.7 Å². The van der Waals surface area contributed by atoms with E-state index in [1.54, 1.807) is 4.68 Å². The van der Waals surface area contributed by atoms with Crippen molar-refractivity contribution in [3.63, 3.8) is 0 Å². The third-order valence-corrected chi connectivity index (χ3v) is 3.61. The highest BCUT2D eigenvalue weighted by atomic mass is 32.2. The minimum Gasteiger partial charge on any atom is -0.264 e. The molecule has 0 spiro atoms. The number of sulfonamides is 1. The molecule has 0 radical (unpaired) electrons. The minimum atomic E-state index is -3.63. The monoisotopic (exact) mass is 306 g/mol. The SMILES string of the molecule is CS(=O)(=O)NC(=O)c1nc(C2CC2)n(-c2ccccc2)n1. The van der Waals surface area contributed by atoms with Gasteiger partial charge >= 0.3 is 5.91 Å². The fourth-order valence-electron chi connectivity index (χ4n) is 2.00. The molecule has 1 heterocycles. The normalized spacial score (nSPS) is 14.9. The number of nitrogens with one attached hydrogen (secondary N) is 1. The first-order chi connectivity index (χ1) is 9.94. The lowest BCUT2D eigenvalue weighted by Gasteiger charge is -2.03. The van der Waals surface area contributed by atoms with Crippen LogP contribution < -0.4 is 4.72 Å². The first-order valence-electron chi connectivity index (χ1n) is 6.48. The Morgan fingerprint density at radius 3 is 2.52 bits per heavy atom. The zero-order chi connectivity index (χ0) is 15.0. The average Bonchev–Trinajstić information content (AvgIpc) is 3.16. The lowest BCUT2D eigenvalue weighted by atomic mass is 10.3. The summed E-state index contributed by atoms with van der Waals surface area (Å²) in [4.78, 5) is 16.1. The van der Waals surface area contributed by atoms with Gasteiger partial charge in [-0.3, -0.25) is 4.79 Å². The topological polar surface area (TPSA) is 94.0 Å². The molecule has 7 nitrogen and oxygen atoms in total. The fourth-order valence-corrected chi connectivity index (χ4v) is 2.43. The summed E-state index contributed by atoms with van der Waals surface area (Å²) in [6.07, 6.45) is 2.91. The van der Waals surface area contributed by atoms with Gasteiger partial charge in [-0.05, 0) is 25.0 Å². The molecule has 110 valence electrons. The summed E-state index contributed by atoms with van der Waals surface area (Å²) in [5.74, 6) is 0.0256. The molecule has 1 fully saturated rings. The Labute approximate surface area is 122 Å². The number of carbonyl (C=O) groups is 1. The Bertz CT molecular complexity index is 779. The van der Waals surface area contributed by atoms with Crippen LogP contribution in [0.4, 0.5) is 0 Å². The predicted octanol–water partition coefficient (Wildman–Crippen LogP) is 0.834. The number of hydrogen-bond acceptors (Lipinski definition) is 5. The molecule has 1 amide bonds. The van der Waals surface area contributed by atoms with Crippen molar-refractivity contribution in [1.82, 2.24) is 19.5 Å². The number of hydrogen-bond donors (Lipinski definition) is 1. The number of aromatic nitrogens is 3. The highest BCUT2D eigenvalue weighted by Gasteiger charge is 2.31. The van der Waals surface area contributed by atoms with Gasteiger partial charge in [0.1, 0.15) is 5.82 Å². The summed E-state index contributed by atoms with van der Waals surface area (Å²) in [5, 5.41) is 4.15. The van der Waals surface area contributed by atoms with Gasteiger partial charge in [-0.1, -0.05) is 18.2 Å². The van der Waals surface area contributed by atoms with E-state index in [9.17, 15) is 13.2 Å². The Morgan fingerprint density at radius 1 is 1.29 bits per heavy atom. The van der Waals surface area contributed by atoms with Crippen LogP contribution in [-0.4, -0.2) is 35.3 Å². The molecule has 1 aromatic carbocycles. The van der Waals surface area contributed by atoms with E-state index in [1.807, 2.05) is 35.1 Å². The van der Waals surface area contributed by atoms with Crippen LogP contribution in [0.25, 0.3) is 5.69 Å². The van der Waals surface area contributed by atoms with E-state index < -0.39 is 15.9 Å². The van der Waals surface area contributed by atoms with E-state index in [1.165, 1.54) is 0 Å². The summed E-state index contributed by atoms with van der Waals surface area (Å²) in [5.41, 5.74) is 0.797. The number of amides is 1. The maximum atomic E-state index is 11.9. The van der Waals surface area contributed by atoms with Gasteiger partial charge in [0.15, 0.2) is 0 Å². The van der Waals surface area contributed by atoms with Gasteiger partial charge in [0.2, 0.25) is 15.8 Å². The lowest BCUT2D eigenvalue weighted by Crippen LogP contribution is -2.30. The molecule has 1 aromatic heterocycles. The van der Waals surface area contributed by atoms with Crippen LogP contribution in [0, 0.1) is 0 Å². The van der Waals surface area contributed by atoms with E-state index >= 15 is 0 Å². The Morgan fingerprint density at radius 2 is 1.95 bits per heavy atom. The zero-order valence-electron chi connectivity index (χ0n) is 11.4. The van der Waals surface area contributed by atoms with Crippen molar-refractivity contribution < 1.29 is 13.2 Å². The molecule has 0 atom stereocenters. The quantitative estimate of drug-likeness (QED) is 0.903. The summed E-state index contributed by atoms with van der Waals surface area (Å²) in [7, 11) is -3.63. The molecule has 0 bridgehead atoms. The van der Waals surface area contributed by atoms with Gasteiger partial charge in [0.25, 0.3) is 0 Å². The molecular formula is C13H14N4O3S. The van der Waals surface area contributed by atoms with Crippen molar-refractivity contribution in [2.24, 2.45) is 0 Å². The number of para-hydroxylation sites is 1. The molecule has 0 saturated heterocycles. The molecule has 1 N–H and O–H groups in total. The van der Waals surface area contributed by atoms with Crippen LogP contribution in [0.2, 0.25) is 0 Å². The van der Waals surface area contributed by atoms with Gasteiger partial charge < -0.3 is 0 Å². The van der Waals surface area contributed by atoms with Crippen LogP contribution in [0.1, 0.15) is 35.2 Å². The van der Waals surface area contributed by atoms with Crippen LogP contribution >= 0.6 is 0 Å². The fraction of sp³-hybridized carbons (Fsp3) is 0.308. The lowest BCUT2D eigenvalue weighted by molar-refractivity contribution is 0.0971. The third-order valence-electron chi connectivity index (χ3n) is 3.06. The van der Waals surface area contributed by atoms with Gasteiger partial charge in [-0.15, -0.1) is 5.10 Å². The van der Waals surface area contributed by atoms with Gasteiger partial charge in [-0.2, -0.15) is 0 Å². The number of carbonyl (C=O) groups excluding carboxylic acids is 1. The second kappa shape index (κ2) is 4.96. The number of benzene rings is 1. The average molecular weight is 306 g/mol. The molecule has 1 saturated carbocycles. The van der Waals surface area contributed by atoms with Crippen molar-refractivity contribution in [2.45, 2.75) is 18.8 Å². The van der Waals surface area contributed by atoms with Crippen LogP contribution in [-0.2, 0) is 10.0 Å². The summed E-state index contributed by atoms with van der Waals surface area (Å²) in [6.45, 7) is 0. The van der Waals surface area contributed by atoms with Gasteiger partial charge in [0, 0.05) is 5.92 Å². The molecule has 1 aliphatic rings. The molecule has 0 unspecified atom stereocenters. The largest absolute Gasteiger partial charge is 0.304 e. The van der Waals surface area contributed by atoms with E-state index in [0.717, 1.165) is 24.8 Å². The van der Waals surface area contributed by atoms with Crippen molar-refractivity contribution >= 4 is 15.9 Å². The standard InChI is InChI=1S/C13H14N4O3S/c1-21(19,20)16-13(18)11-14-12(9-7-8-9)17(15-11)10-5-3-2-4-6-10/h2-6,9H,7-8H2,1H3,(H,16,18). The highest BCUT2D eigenvalue weighted by molar-refractivity contribution is 7.89. The molecule has 8 heteroatoms. The zero-order valence-corrected chi connectivity index (χ0v) is 12.2. The molecule has 2 aromatic rings. The summed E-state index contributed by atoms with van der Waals surface area (Å²) >= 11 is 0. The minimum absolute atomic E-state index is 0.133. The summed E-state index contributed by atoms with van der Waals surface area (Å²) < 4.78 is 25.7. The third kappa shape index (κ3) is 3.10. The Balaban J connectivity index is 1.99. The van der Waals surface area contributed by atoms with Crippen molar-refractivity contribution in [3.8, 4) is 5.69 Å². The van der Waals surface area contributed by atoms with E-state index in [4.69, 9.17) is 0 Å². The number of rotatable bonds is 4. The molecular weight excluding hydrogens is 292 g/mol. The maximum absolute atomic E-state index is 11.9. The van der Waals surface area contributed by atoms with Gasteiger partial charge in [-0.25, -0.2) is 22.8 Å². The van der Waals surface area contributed by atoms with Gasteiger partial charge in [0.05, 0.1) is 11.9 Å². The van der Waals surface area contributed by atoms with Crippen LogP contribution in [0.15, 0.2) is 30.3 Å². The molecule has 1 aliphatic carbocycles. The van der Waals surface area contributed by atoms with Crippen molar-refractivity contribution in [2.75, 3.05) is 6.26 Å². The van der Waals surface area contributed by atoms with Crippen LogP contribution in [0.5, 0.6) is 0 Å². The second-order valence-corrected chi connectivity index (χ2v) is 6.77. The van der Waals surface area contributed by atoms with Crippen molar-refractivity contribution in [1.29, 1.82) is 0 Å². The molecule has 3 rings (SSSR count).